The standard InChI is InChI=1S/C18H21BO/c1-13(2)16-12-14(18(3,4)19)10-11-17(16)20-15-8-6-5-7-9-15/h5-13H,1-4H3. The highest BCUT2D eigenvalue weighted by Crippen LogP contribution is 2.33. The Morgan fingerprint density at radius 1 is 1.00 bits per heavy atom. The van der Waals surface area contributed by atoms with E-state index in [0.717, 1.165) is 17.1 Å². The summed E-state index contributed by atoms with van der Waals surface area (Å²) in [6.07, 6.45) is 0. The van der Waals surface area contributed by atoms with Crippen LogP contribution >= 0.6 is 0 Å². The summed E-state index contributed by atoms with van der Waals surface area (Å²) in [4.78, 5) is 0. The van der Waals surface area contributed by atoms with Crippen LogP contribution in [0.4, 0.5) is 0 Å². The van der Waals surface area contributed by atoms with Gasteiger partial charge >= 0.3 is 0 Å². The quantitative estimate of drug-likeness (QED) is 0.705. The summed E-state index contributed by atoms with van der Waals surface area (Å²) in [5.74, 6) is 2.14. The molecule has 0 N–H and O–H groups in total. The first-order valence-corrected chi connectivity index (χ1v) is 7.04. The van der Waals surface area contributed by atoms with Gasteiger partial charge in [0.05, 0.1) is 7.85 Å². The minimum absolute atomic E-state index is 0.338. The molecule has 0 atom stereocenters. The molecule has 0 spiro atoms. The number of benzene rings is 2. The molecule has 0 unspecified atom stereocenters. The van der Waals surface area contributed by atoms with E-state index in [1.807, 2.05) is 56.3 Å². The average Bonchev–Trinajstić information content (AvgIpc) is 2.38. The second-order valence-electron chi connectivity index (χ2n) is 6.04. The van der Waals surface area contributed by atoms with Gasteiger partial charge in [0.25, 0.3) is 0 Å². The second kappa shape index (κ2) is 5.74. The Morgan fingerprint density at radius 2 is 1.65 bits per heavy atom. The van der Waals surface area contributed by atoms with Crippen molar-refractivity contribution in [1.82, 2.24) is 0 Å². The van der Waals surface area contributed by atoms with E-state index in [1.54, 1.807) is 0 Å². The zero-order valence-corrected chi connectivity index (χ0v) is 12.7. The van der Waals surface area contributed by atoms with Gasteiger partial charge in [-0.2, -0.15) is 0 Å². The minimum Gasteiger partial charge on any atom is -0.457 e. The van der Waals surface area contributed by atoms with Crippen LogP contribution in [0.3, 0.4) is 0 Å². The Kier molecular flexibility index (Phi) is 4.22. The first-order valence-electron chi connectivity index (χ1n) is 7.04. The van der Waals surface area contributed by atoms with Crippen LogP contribution in [0.2, 0.25) is 0 Å². The first-order chi connectivity index (χ1) is 9.38. The lowest BCUT2D eigenvalue weighted by Gasteiger charge is -2.23. The van der Waals surface area contributed by atoms with Crippen molar-refractivity contribution in [2.24, 2.45) is 0 Å². The molecule has 2 radical (unpaired) electrons. The SMILES string of the molecule is [B]C(C)(C)c1ccc(Oc2ccccc2)c(C(C)C)c1. The minimum atomic E-state index is -0.338. The molecule has 0 bridgehead atoms. The van der Waals surface area contributed by atoms with E-state index in [0.29, 0.717) is 5.92 Å². The molecule has 0 amide bonds. The van der Waals surface area contributed by atoms with Crippen LogP contribution in [0.15, 0.2) is 48.5 Å². The van der Waals surface area contributed by atoms with Crippen molar-refractivity contribution >= 4 is 7.85 Å². The van der Waals surface area contributed by atoms with Crippen molar-refractivity contribution in [1.29, 1.82) is 0 Å². The van der Waals surface area contributed by atoms with Crippen LogP contribution in [0.1, 0.15) is 44.7 Å². The summed E-state index contributed by atoms with van der Waals surface area (Å²) in [7, 11) is 6.19. The molecular weight excluding hydrogens is 243 g/mol. The number of rotatable bonds is 4. The van der Waals surface area contributed by atoms with Gasteiger partial charge in [-0.25, -0.2) is 0 Å². The van der Waals surface area contributed by atoms with E-state index in [4.69, 9.17) is 12.6 Å². The van der Waals surface area contributed by atoms with Crippen LogP contribution in [0.5, 0.6) is 11.5 Å². The smallest absolute Gasteiger partial charge is 0.130 e. The van der Waals surface area contributed by atoms with Gasteiger partial charge < -0.3 is 4.74 Å². The molecule has 0 heterocycles. The van der Waals surface area contributed by atoms with E-state index in [9.17, 15) is 0 Å². The summed E-state index contributed by atoms with van der Waals surface area (Å²) in [5.41, 5.74) is 2.31. The van der Waals surface area contributed by atoms with E-state index < -0.39 is 0 Å². The van der Waals surface area contributed by atoms with Crippen molar-refractivity contribution in [2.45, 2.75) is 38.9 Å². The maximum absolute atomic E-state index is 6.19. The lowest BCUT2D eigenvalue weighted by molar-refractivity contribution is 0.472. The third-order valence-corrected chi connectivity index (χ3v) is 3.35. The van der Waals surface area contributed by atoms with Crippen molar-refractivity contribution in [3.05, 3.63) is 59.7 Å². The summed E-state index contributed by atoms with van der Waals surface area (Å²) in [6.45, 7) is 8.37. The molecule has 1 nitrogen and oxygen atoms in total. The molecule has 0 saturated heterocycles. The lowest BCUT2D eigenvalue weighted by Crippen LogP contribution is -2.17. The zero-order valence-electron chi connectivity index (χ0n) is 12.7. The maximum atomic E-state index is 6.19. The predicted molar refractivity (Wildman–Crippen MR) is 85.8 cm³/mol. The molecule has 0 aliphatic carbocycles. The second-order valence-corrected chi connectivity index (χ2v) is 6.04. The summed E-state index contributed by atoms with van der Waals surface area (Å²) >= 11 is 0. The molecule has 20 heavy (non-hydrogen) atoms. The Balaban J connectivity index is 2.38. The van der Waals surface area contributed by atoms with Crippen molar-refractivity contribution in [3.63, 3.8) is 0 Å². The number of hydrogen-bond donors (Lipinski definition) is 0. The van der Waals surface area contributed by atoms with Gasteiger partial charge in [-0.3, -0.25) is 0 Å². The van der Waals surface area contributed by atoms with Gasteiger partial charge in [0.15, 0.2) is 0 Å². The van der Waals surface area contributed by atoms with Crippen LogP contribution < -0.4 is 4.74 Å². The highest BCUT2D eigenvalue weighted by molar-refractivity contribution is 6.15. The fraction of sp³-hybridized carbons (Fsp3) is 0.333. The molecule has 0 aliphatic rings. The topological polar surface area (TPSA) is 9.23 Å². The van der Waals surface area contributed by atoms with Gasteiger partial charge in [0.1, 0.15) is 11.5 Å². The largest absolute Gasteiger partial charge is 0.457 e. The molecule has 102 valence electrons. The van der Waals surface area contributed by atoms with E-state index >= 15 is 0 Å². The lowest BCUT2D eigenvalue weighted by atomic mass is 9.67. The predicted octanol–water partition coefficient (Wildman–Crippen LogP) is 5.01. The summed E-state index contributed by atoms with van der Waals surface area (Å²) < 4.78 is 6.00. The fourth-order valence-corrected chi connectivity index (χ4v) is 2.11. The molecule has 2 aromatic carbocycles. The normalized spacial score (nSPS) is 11.7. The van der Waals surface area contributed by atoms with E-state index in [-0.39, 0.29) is 5.31 Å². The van der Waals surface area contributed by atoms with Crippen LogP contribution in [0.25, 0.3) is 0 Å². The molecule has 0 saturated carbocycles. The Labute approximate surface area is 123 Å². The Morgan fingerprint density at radius 3 is 2.20 bits per heavy atom. The van der Waals surface area contributed by atoms with E-state index in [1.165, 1.54) is 5.56 Å². The highest BCUT2D eigenvalue weighted by atomic mass is 16.5. The third kappa shape index (κ3) is 3.44. The van der Waals surface area contributed by atoms with Crippen molar-refractivity contribution < 1.29 is 4.74 Å². The third-order valence-electron chi connectivity index (χ3n) is 3.35. The van der Waals surface area contributed by atoms with Gasteiger partial charge in [0.2, 0.25) is 0 Å². The van der Waals surface area contributed by atoms with Crippen LogP contribution in [0, 0.1) is 0 Å². The number of para-hydroxylation sites is 1. The fourth-order valence-electron chi connectivity index (χ4n) is 2.11. The molecule has 2 rings (SSSR count). The number of ether oxygens (including phenoxy) is 1. The summed E-state index contributed by atoms with van der Waals surface area (Å²) in [5, 5.41) is -0.338. The Bertz CT molecular complexity index is 568. The van der Waals surface area contributed by atoms with Gasteiger partial charge in [-0.15, -0.1) is 0 Å². The molecule has 0 fully saturated rings. The van der Waals surface area contributed by atoms with E-state index in [2.05, 4.69) is 19.9 Å². The van der Waals surface area contributed by atoms with Gasteiger partial charge in [0, 0.05) is 0 Å². The maximum Gasteiger partial charge on any atom is 0.130 e. The van der Waals surface area contributed by atoms with Crippen LogP contribution in [-0.4, -0.2) is 7.85 Å². The zero-order chi connectivity index (χ0) is 14.8. The van der Waals surface area contributed by atoms with Gasteiger partial charge in [-0.05, 0) is 35.0 Å². The summed E-state index contributed by atoms with van der Waals surface area (Å²) in [6, 6.07) is 16.1. The average molecular weight is 264 g/mol. The Hall–Kier alpha value is -1.70. The van der Waals surface area contributed by atoms with Crippen molar-refractivity contribution in [2.75, 3.05) is 0 Å². The van der Waals surface area contributed by atoms with Gasteiger partial charge in [-0.1, -0.05) is 63.6 Å². The molecular formula is C18H21BO. The molecule has 2 aromatic rings. The molecule has 0 aromatic heterocycles. The first kappa shape index (κ1) is 14.7. The number of hydrogen-bond acceptors (Lipinski definition) is 1. The monoisotopic (exact) mass is 264 g/mol. The van der Waals surface area contributed by atoms with Crippen molar-refractivity contribution in [3.8, 4) is 11.5 Å². The molecule has 0 aliphatic heterocycles. The molecule has 2 heteroatoms. The highest BCUT2D eigenvalue weighted by Gasteiger charge is 2.17. The van der Waals surface area contributed by atoms with Crippen LogP contribution in [-0.2, 0) is 5.31 Å².